The highest BCUT2D eigenvalue weighted by molar-refractivity contribution is 5.99. The van der Waals surface area contributed by atoms with Crippen molar-refractivity contribution < 1.29 is 9.59 Å². The number of pyridine rings is 1. The molecule has 0 unspecified atom stereocenters. The number of nitrogens with zero attached hydrogens (tertiary/aromatic N) is 3. The number of piperazine rings is 1. The Morgan fingerprint density at radius 3 is 2.46 bits per heavy atom. The van der Waals surface area contributed by atoms with Gasteiger partial charge in [0.25, 0.3) is 11.8 Å². The smallest absolute Gasteiger partial charge is 0.255 e. The van der Waals surface area contributed by atoms with Crippen LogP contribution in [0.25, 0.3) is 0 Å². The third-order valence-electron chi connectivity index (χ3n) is 4.36. The summed E-state index contributed by atoms with van der Waals surface area (Å²) < 4.78 is 0. The van der Waals surface area contributed by atoms with Crippen LogP contribution in [0.4, 0.5) is 0 Å². The summed E-state index contributed by atoms with van der Waals surface area (Å²) in [6.07, 6.45) is 3.98. The van der Waals surface area contributed by atoms with E-state index in [2.05, 4.69) is 36.0 Å². The molecule has 6 nitrogen and oxygen atoms in total. The van der Waals surface area contributed by atoms with Gasteiger partial charge < -0.3 is 15.1 Å². The molecule has 1 fully saturated rings. The zero-order chi connectivity index (χ0) is 17.5. The van der Waals surface area contributed by atoms with Gasteiger partial charge in [0.05, 0.1) is 11.1 Å². The van der Waals surface area contributed by atoms with E-state index in [0.717, 1.165) is 39.1 Å². The number of hydrogen-bond acceptors (Lipinski definition) is 4. The van der Waals surface area contributed by atoms with Gasteiger partial charge in [-0.15, -0.1) is 0 Å². The predicted octanol–water partition coefficient (Wildman–Crippen LogP) is 1.64. The van der Waals surface area contributed by atoms with Gasteiger partial charge >= 0.3 is 0 Å². The normalized spacial score (nSPS) is 15.6. The monoisotopic (exact) mass is 332 g/mol. The van der Waals surface area contributed by atoms with Crippen molar-refractivity contribution in [3.63, 3.8) is 0 Å². The summed E-state index contributed by atoms with van der Waals surface area (Å²) in [5, 5.41) is 2.88. The van der Waals surface area contributed by atoms with E-state index in [0.29, 0.717) is 23.6 Å². The number of rotatable bonds is 6. The van der Waals surface area contributed by atoms with Gasteiger partial charge in [0.2, 0.25) is 0 Å². The highest BCUT2D eigenvalue weighted by Gasteiger charge is 2.22. The summed E-state index contributed by atoms with van der Waals surface area (Å²) >= 11 is 0. The SMILES string of the molecule is CCN1CCN(C(=O)c2cncc(C(=O)NCCC(C)C)c2)CC1. The molecule has 6 heteroatoms. The maximum Gasteiger partial charge on any atom is 0.255 e. The molecule has 0 saturated carbocycles. The van der Waals surface area contributed by atoms with Crippen LogP contribution in [0.15, 0.2) is 18.5 Å². The topological polar surface area (TPSA) is 65.5 Å². The third kappa shape index (κ3) is 5.03. The van der Waals surface area contributed by atoms with Gasteiger partial charge in [-0.2, -0.15) is 0 Å². The van der Waals surface area contributed by atoms with E-state index in [4.69, 9.17) is 0 Å². The Kier molecular flexibility index (Phi) is 6.73. The largest absolute Gasteiger partial charge is 0.352 e. The molecule has 2 heterocycles. The molecular formula is C18H28N4O2. The van der Waals surface area contributed by atoms with Crippen LogP contribution >= 0.6 is 0 Å². The summed E-state index contributed by atoms with van der Waals surface area (Å²) in [5.41, 5.74) is 0.924. The van der Waals surface area contributed by atoms with Gasteiger partial charge in [0.15, 0.2) is 0 Å². The lowest BCUT2D eigenvalue weighted by Gasteiger charge is -2.34. The maximum absolute atomic E-state index is 12.6. The van der Waals surface area contributed by atoms with Crippen LogP contribution in [0.3, 0.4) is 0 Å². The van der Waals surface area contributed by atoms with Crippen molar-refractivity contribution in [2.24, 2.45) is 5.92 Å². The molecule has 0 spiro atoms. The van der Waals surface area contributed by atoms with Gasteiger partial charge in [-0.25, -0.2) is 0 Å². The molecule has 1 aromatic heterocycles. The molecule has 0 bridgehead atoms. The Morgan fingerprint density at radius 1 is 1.17 bits per heavy atom. The number of nitrogens with one attached hydrogen (secondary N) is 1. The van der Waals surface area contributed by atoms with Crippen LogP contribution in [0.2, 0.25) is 0 Å². The lowest BCUT2D eigenvalue weighted by atomic mass is 10.1. The van der Waals surface area contributed by atoms with E-state index < -0.39 is 0 Å². The molecule has 132 valence electrons. The van der Waals surface area contributed by atoms with Crippen molar-refractivity contribution in [1.29, 1.82) is 0 Å². The standard InChI is InChI=1S/C18H28N4O2/c1-4-21-7-9-22(10-8-21)18(24)16-11-15(12-19-13-16)17(23)20-6-5-14(2)3/h11-14H,4-10H2,1-3H3,(H,20,23). The van der Waals surface area contributed by atoms with E-state index in [1.165, 1.54) is 6.20 Å². The first-order valence-corrected chi connectivity index (χ1v) is 8.76. The highest BCUT2D eigenvalue weighted by atomic mass is 16.2. The quantitative estimate of drug-likeness (QED) is 0.860. The van der Waals surface area contributed by atoms with Gasteiger partial charge in [-0.05, 0) is 24.9 Å². The summed E-state index contributed by atoms with van der Waals surface area (Å²) in [6.45, 7) is 11.2. The Balaban J connectivity index is 1.96. The minimum Gasteiger partial charge on any atom is -0.352 e. The van der Waals surface area contributed by atoms with E-state index in [1.807, 2.05) is 4.90 Å². The Hall–Kier alpha value is -1.95. The fraction of sp³-hybridized carbons (Fsp3) is 0.611. The molecule has 0 aliphatic carbocycles. The van der Waals surface area contributed by atoms with Gasteiger partial charge in [-0.1, -0.05) is 20.8 Å². The summed E-state index contributed by atoms with van der Waals surface area (Å²) in [6, 6.07) is 1.65. The fourth-order valence-corrected chi connectivity index (χ4v) is 2.71. The molecule has 1 N–H and O–H groups in total. The Bertz CT molecular complexity index is 566. The van der Waals surface area contributed by atoms with E-state index in [9.17, 15) is 9.59 Å². The number of aromatic nitrogens is 1. The molecule has 0 atom stereocenters. The van der Waals surface area contributed by atoms with Crippen LogP contribution in [0.5, 0.6) is 0 Å². The lowest BCUT2D eigenvalue weighted by molar-refractivity contribution is 0.0643. The summed E-state index contributed by atoms with van der Waals surface area (Å²) in [7, 11) is 0. The first-order chi connectivity index (χ1) is 11.5. The molecule has 0 radical (unpaired) electrons. The van der Waals surface area contributed by atoms with Gasteiger partial charge in [0, 0.05) is 45.1 Å². The molecule has 1 saturated heterocycles. The van der Waals surface area contributed by atoms with E-state index in [-0.39, 0.29) is 11.8 Å². The first kappa shape index (κ1) is 18.4. The molecule has 1 aliphatic rings. The maximum atomic E-state index is 12.6. The zero-order valence-corrected chi connectivity index (χ0v) is 14.9. The first-order valence-electron chi connectivity index (χ1n) is 8.76. The van der Waals surface area contributed by atoms with E-state index >= 15 is 0 Å². The number of amides is 2. The molecular weight excluding hydrogens is 304 g/mol. The van der Waals surface area contributed by atoms with Crippen molar-refractivity contribution in [1.82, 2.24) is 20.1 Å². The van der Waals surface area contributed by atoms with Crippen LogP contribution in [0, 0.1) is 5.92 Å². The van der Waals surface area contributed by atoms with Crippen LogP contribution in [-0.4, -0.2) is 65.9 Å². The Morgan fingerprint density at radius 2 is 1.83 bits per heavy atom. The minimum atomic E-state index is -0.173. The average molecular weight is 332 g/mol. The molecule has 2 rings (SSSR count). The molecule has 24 heavy (non-hydrogen) atoms. The van der Waals surface area contributed by atoms with Crippen molar-refractivity contribution in [2.45, 2.75) is 27.2 Å². The van der Waals surface area contributed by atoms with Crippen LogP contribution in [0.1, 0.15) is 47.9 Å². The number of carbonyl (C=O) groups is 2. The minimum absolute atomic E-state index is 0.0462. The second kappa shape index (κ2) is 8.78. The van der Waals surface area contributed by atoms with Gasteiger partial charge in [-0.3, -0.25) is 14.6 Å². The number of likely N-dealkylation sites (N-methyl/N-ethyl adjacent to an activating group) is 1. The average Bonchev–Trinajstić information content (AvgIpc) is 2.61. The summed E-state index contributed by atoms with van der Waals surface area (Å²) in [5.74, 6) is 0.321. The highest BCUT2D eigenvalue weighted by Crippen LogP contribution is 2.10. The fourth-order valence-electron chi connectivity index (χ4n) is 2.71. The third-order valence-corrected chi connectivity index (χ3v) is 4.36. The molecule has 1 aromatic rings. The van der Waals surface area contributed by atoms with E-state index in [1.54, 1.807) is 12.3 Å². The van der Waals surface area contributed by atoms with Crippen molar-refractivity contribution in [3.05, 3.63) is 29.6 Å². The van der Waals surface area contributed by atoms with Crippen molar-refractivity contribution >= 4 is 11.8 Å². The van der Waals surface area contributed by atoms with Crippen molar-refractivity contribution in [3.8, 4) is 0 Å². The number of hydrogen-bond donors (Lipinski definition) is 1. The lowest BCUT2D eigenvalue weighted by Crippen LogP contribution is -2.48. The predicted molar refractivity (Wildman–Crippen MR) is 94.0 cm³/mol. The zero-order valence-electron chi connectivity index (χ0n) is 14.9. The number of carbonyl (C=O) groups excluding carboxylic acids is 2. The van der Waals surface area contributed by atoms with Crippen molar-refractivity contribution in [2.75, 3.05) is 39.3 Å². The molecule has 1 aliphatic heterocycles. The second-order valence-corrected chi connectivity index (χ2v) is 6.63. The van der Waals surface area contributed by atoms with Crippen LogP contribution in [-0.2, 0) is 0 Å². The molecule has 2 amide bonds. The van der Waals surface area contributed by atoms with Gasteiger partial charge in [0.1, 0.15) is 0 Å². The van der Waals surface area contributed by atoms with Crippen LogP contribution < -0.4 is 5.32 Å². The molecule has 0 aromatic carbocycles. The summed E-state index contributed by atoms with van der Waals surface area (Å²) in [4.78, 5) is 33.0. The second-order valence-electron chi connectivity index (χ2n) is 6.63. The Labute approximate surface area is 144 Å².